The first-order valence-corrected chi connectivity index (χ1v) is 9.45. The van der Waals surface area contributed by atoms with Crippen LogP contribution in [0.4, 0.5) is 9.18 Å². The second-order valence-electron chi connectivity index (χ2n) is 6.61. The molecule has 2 amide bonds. The summed E-state index contributed by atoms with van der Waals surface area (Å²) in [6, 6.07) is 16.5. The number of benzene rings is 2. The number of hydrogen-bond acceptors (Lipinski definition) is 5. The van der Waals surface area contributed by atoms with Gasteiger partial charge in [0.1, 0.15) is 11.6 Å². The molecule has 0 aliphatic carbocycles. The van der Waals surface area contributed by atoms with Gasteiger partial charge in [-0.1, -0.05) is 18.2 Å². The standard InChI is InChI=1S/C22H20FN5O2/c1-2-27-14-28(21(24)29)19(15-8-10-16(23)11-9-15)20(27)18-12-13-25-22(26-18)30-17-6-4-3-5-7-17/h3-13H,2,14H2,1H3,(H2,24,29). The van der Waals surface area contributed by atoms with Gasteiger partial charge in [-0.2, -0.15) is 4.98 Å². The number of nitrogens with zero attached hydrogens (tertiary/aromatic N) is 4. The fourth-order valence-corrected chi connectivity index (χ4v) is 3.33. The van der Waals surface area contributed by atoms with Gasteiger partial charge in [0.25, 0.3) is 0 Å². The second kappa shape index (κ2) is 8.20. The fourth-order valence-electron chi connectivity index (χ4n) is 3.33. The van der Waals surface area contributed by atoms with E-state index in [2.05, 4.69) is 9.97 Å². The Morgan fingerprint density at radius 3 is 2.50 bits per heavy atom. The molecule has 2 N–H and O–H groups in total. The van der Waals surface area contributed by atoms with Crippen LogP contribution in [0, 0.1) is 5.82 Å². The highest BCUT2D eigenvalue weighted by atomic mass is 19.1. The molecule has 1 aliphatic rings. The normalized spacial score (nSPS) is 13.7. The lowest BCUT2D eigenvalue weighted by Crippen LogP contribution is -2.36. The van der Waals surface area contributed by atoms with Gasteiger partial charge < -0.3 is 15.4 Å². The van der Waals surface area contributed by atoms with Gasteiger partial charge in [-0.05, 0) is 49.4 Å². The summed E-state index contributed by atoms with van der Waals surface area (Å²) in [5.41, 5.74) is 8.13. The minimum absolute atomic E-state index is 0.179. The SMILES string of the molecule is CCN1CN(C(N)=O)C(c2ccc(F)cc2)=C1c1ccnc(Oc2ccccc2)n1. The molecule has 152 valence electrons. The van der Waals surface area contributed by atoms with E-state index in [9.17, 15) is 9.18 Å². The highest BCUT2D eigenvalue weighted by Gasteiger charge is 2.33. The van der Waals surface area contributed by atoms with Crippen LogP contribution in [0.1, 0.15) is 18.2 Å². The van der Waals surface area contributed by atoms with Gasteiger partial charge in [-0.25, -0.2) is 14.2 Å². The molecule has 2 heterocycles. The highest BCUT2D eigenvalue weighted by Crippen LogP contribution is 2.37. The number of rotatable bonds is 5. The summed E-state index contributed by atoms with van der Waals surface area (Å²) in [5.74, 6) is 0.248. The second-order valence-corrected chi connectivity index (χ2v) is 6.61. The molecule has 0 atom stereocenters. The van der Waals surface area contributed by atoms with Crippen LogP contribution in [-0.2, 0) is 0 Å². The maximum Gasteiger partial charge on any atom is 0.322 e. The van der Waals surface area contributed by atoms with Crippen LogP contribution < -0.4 is 10.5 Å². The quantitative estimate of drug-likeness (QED) is 0.696. The van der Waals surface area contributed by atoms with Gasteiger partial charge in [0.15, 0.2) is 0 Å². The number of primary amides is 1. The predicted octanol–water partition coefficient (Wildman–Crippen LogP) is 3.91. The fraction of sp³-hybridized carbons (Fsp3) is 0.136. The van der Waals surface area contributed by atoms with E-state index < -0.39 is 6.03 Å². The van der Waals surface area contributed by atoms with Crippen molar-refractivity contribution in [3.63, 3.8) is 0 Å². The summed E-state index contributed by atoms with van der Waals surface area (Å²) in [7, 11) is 0. The third-order valence-corrected chi connectivity index (χ3v) is 4.72. The van der Waals surface area contributed by atoms with Crippen LogP contribution in [0.25, 0.3) is 11.4 Å². The van der Waals surface area contributed by atoms with Crippen molar-refractivity contribution in [2.75, 3.05) is 13.2 Å². The van der Waals surface area contributed by atoms with Crippen LogP contribution in [-0.4, -0.2) is 39.0 Å². The number of halogens is 1. The molecule has 2 aromatic carbocycles. The van der Waals surface area contributed by atoms with Crippen molar-refractivity contribution in [1.29, 1.82) is 0 Å². The molecule has 1 aliphatic heterocycles. The molecule has 0 unspecified atom stereocenters. The number of hydrogen-bond donors (Lipinski definition) is 1. The molecule has 3 aromatic rings. The largest absolute Gasteiger partial charge is 0.424 e. The van der Waals surface area contributed by atoms with Crippen LogP contribution in [0.2, 0.25) is 0 Å². The minimum atomic E-state index is -0.599. The number of urea groups is 1. The maximum absolute atomic E-state index is 13.5. The van der Waals surface area contributed by atoms with E-state index in [0.717, 1.165) is 0 Å². The summed E-state index contributed by atoms with van der Waals surface area (Å²) in [6.45, 7) is 2.85. The van der Waals surface area contributed by atoms with Crippen molar-refractivity contribution in [2.45, 2.75) is 6.92 Å². The molecule has 30 heavy (non-hydrogen) atoms. The smallest absolute Gasteiger partial charge is 0.322 e. The summed E-state index contributed by atoms with van der Waals surface area (Å²) in [6.07, 6.45) is 1.59. The third-order valence-electron chi connectivity index (χ3n) is 4.72. The van der Waals surface area contributed by atoms with E-state index in [4.69, 9.17) is 10.5 Å². The van der Waals surface area contributed by atoms with E-state index in [1.54, 1.807) is 24.4 Å². The Balaban J connectivity index is 1.82. The van der Waals surface area contributed by atoms with Crippen molar-refractivity contribution in [3.8, 4) is 11.8 Å². The van der Waals surface area contributed by atoms with Crippen molar-refractivity contribution >= 4 is 17.4 Å². The number of ether oxygens (including phenoxy) is 1. The average molecular weight is 405 g/mol. The average Bonchev–Trinajstić information content (AvgIpc) is 3.15. The Hall–Kier alpha value is -3.94. The summed E-state index contributed by atoms with van der Waals surface area (Å²) in [5, 5.41) is 0. The van der Waals surface area contributed by atoms with E-state index in [-0.39, 0.29) is 18.5 Å². The molecule has 0 bridgehead atoms. The Morgan fingerprint density at radius 2 is 1.83 bits per heavy atom. The number of carbonyl (C=O) groups excluding carboxylic acids is 1. The van der Waals surface area contributed by atoms with Gasteiger partial charge in [0.2, 0.25) is 0 Å². The van der Waals surface area contributed by atoms with Crippen molar-refractivity contribution in [2.24, 2.45) is 5.73 Å². The summed E-state index contributed by atoms with van der Waals surface area (Å²) in [4.78, 5) is 24.3. The Bertz CT molecular complexity index is 1090. The van der Waals surface area contributed by atoms with Crippen LogP contribution >= 0.6 is 0 Å². The molecular weight excluding hydrogens is 385 g/mol. The summed E-state index contributed by atoms with van der Waals surface area (Å²) >= 11 is 0. The predicted molar refractivity (Wildman–Crippen MR) is 110 cm³/mol. The van der Waals surface area contributed by atoms with Gasteiger partial charge in [-0.15, -0.1) is 0 Å². The molecule has 0 radical (unpaired) electrons. The van der Waals surface area contributed by atoms with Crippen LogP contribution in [0.5, 0.6) is 11.8 Å². The topological polar surface area (TPSA) is 84.6 Å². The van der Waals surface area contributed by atoms with Crippen LogP contribution in [0.15, 0.2) is 66.9 Å². The zero-order valence-electron chi connectivity index (χ0n) is 16.3. The molecule has 8 heteroatoms. The molecule has 4 rings (SSSR count). The Kier molecular flexibility index (Phi) is 5.30. The monoisotopic (exact) mass is 405 g/mol. The van der Waals surface area contributed by atoms with Gasteiger partial charge in [0, 0.05) is 18.3 Å². The Morgan fingerprint density at radius 1 is 1.10 bits per heavy atom. The molecule has 0 saturated carbocycles. The first-order valence-electron chi connectivity index (χ1n) is 9.45. The first-order chi connectivity index (χ1) is 14.6. The van der Waals surface area contributed by atoms with Gasteiger partial charge in [0.05, 0.1) is 23.8 Å². The number of amides is 2. The number of nitrogens with two attached hydrogens (primary N) is 1. The van der Waals surface area contributed by atoms with Crippen LogP contribution in [0.3, 0.4) is 0 Å². The van der Waals surface area contributed by atoms with Crippen molar-refractivity contribution in [1.82, 2.24) is 19.8 Å². The van der Waals surface area contributed by atoms with Gasteiger partial charge in [-0.3, -0.25) is 4.90 Å². The lowest BCUT2D eigenvalue weighted by atomic mass is 10.1. The highest BCUT2D eigenvalue weighted by molar-refractivity contribution is 5.97. The molecular formula is C22H20FN5O2. The first kappa shape index (κ1) is 19.4. The summed E-state index contributed by atoms with van der Waals surface area (Å²) < 4.78 is 19.2. The van der Waals surface area contributed by atoms with E-state index in [0.29, 0.717) is 34.9 Å². The molecule has 0 fully saturated rings. The minimum Gasteiger partial charge on any atom is -0.424 e. The zero-order valence-corrected chi connectivity index (χ0v) is 16.3. The molecule has 1 aromatic heterocycles. The van der Waals surface area contributed by atoms with E-state index in [1.807, 2.05) is 42.2 Å². The molecule has 7 nitrogen and oxygen atoms in total. The van der Waals surface area contributed by atoms with Crippen molar-refractivity contribution < 1.29 is 13.9 Å². The lowest BCUT2D eigenvalue weighted by molar-refractivity contribution is 0.216. The molecule has 0 spiro atoms. The lowest BCUT2D eigenvalue weighted by Gasteiger charge is -2.20. The zero-order chi connectivity index (χ0) is 21.1. The number of aromatic nitrogens is 2. The van der Waals surface area contributed by atoms with E-state index in [1.165, 1.54) is 17.0 Å². The van der Waals surface area contributed by atoms with Crippen molar-refractivity contribution in [3.05, 3.63) is 83.9 Å². The number of para-hydroxylation sites is 1. The van der Waals surface area contributed by atoms with E-state index >= 15 is 0 Å². The number of carbonyl (C=O) groups is 1. The Labute approximate surface area is 173 Å². The molecule has 0 saturated heterocycles. The third kappa shape index (κ3) is 3.80. The van der Waals surface area contributed by atoms with Gasteiger partial charge >= 0.3 is 12.0 Å². The maximum atomic E-state index is 13.5.